The van der Waals surface area contributed by atoms with E-state index in [0.717, 1.165) is 46.3 Å². The van der Waals surface area contributed by atoms with Gasteiger partial charge in [0.05, 0.1) is 31.5 Å². The number of hydroxylamine groups is 2. The van der Waals surface area contributed by atoms with Crippen molar-refractivity contribution in [1.29, 1.82) is 0 Å². The largest absolute Gasteiger partial charge is 0.389 e. The molecule has 2 aliphatic rings. The Labute approximate surface area is 202 Å². The zero-order chi connectivity index (χ0) is 24.1. The first-order valence-corrected chi connectivity index (χ1v) is 11.8. The minimum Gasteiger partial charge on any atom is -0.389 e. The van der Waals surface area contributed by atoms with E-state index >= 15 is 0 Å². The van der Waals surface area contributed by atoms with Crippen molar-refractivity contribution in [2.24, 2.45) is 13.0 Å². The van der Waals surface area contributed by atoms with Crippen LogP contribution in [0.2, 0.25) is 0 Å². The van der Waals surface area contributed by atoms with Crippen molar-refractivity contribution in [2.75, 3.05) is 18.5 Å². The fraction of sp³-hybridized carbons (Fsp3) is 0.360. The van der Waals surface area contributed by atoms with Crippen molar-refractivity contribution in [3.05, 3.63) is 59.7 Å². The second-order valence-corrected chi connectivity index (χ2v) is 9.34. The van der Waals surface area contributed by atoms with E-state index in [1.165, 1.54) is 0 Å². The number of aliphatic hydroxyl groups excluding tert-OH is 1. The molecule has 1 aliphatic heterocycles. The van der Waals surface area contributed by atoms with Crippen molar-refractivity contribution >= 4 is 28.3 Å². The van der Waals surface area contributed by atoms with Crippen LogP contribution in [0.25, 0.3) is 16.7 Å². The molecule has 35 heavy (non-hydrogen) atoms. The van der Waals surface area contributed by atoms with Crippen LogP contribution in [0.1, 0.15) is 34.5 Å². The lowest BCUT2D eigenvalue weighted by Gasteiger charge is -2.12. The minimum absolute atomic E-state index is 0.168. The average Bonchev–Trinajstić information content (AvgIpc) is 3.41. The molecule has 4 heterocycles. The fourth-order valence-corrected chi connectivity index (χ4v) is 4.50. The van der Waals surface area contributed by atoms with E-state index in [1.54, 1.807) is 22.0 Å². The highest BCUT2D eigenvalue weighted by molar-refractivity contribution is 6.10. The molecule has 1 aromatic carbocycles. The highest BCUT2D eigenvalue weighted by atomic mass is 16.7. The number of aryl methyl sites for hydroxylation is 2. The van der Waals surface area contributed by atoms with E-state index in [1.807, 2.05) is 49.1 Å². The molecule has 0 spiro atoms. The van der Waals surface area contributed by atoms with Crippen LogP contribution in [0, 0.1) is 12.8 Å². The number of hydrogen-bond acceptors (Lipinski definition) is 8. The van der Waals surface area contributed by atoms with E-state index in [0.29, 0.717) is 31.5 Å². The lowest BCUT2D eigenvalue weighted by Crippen LogP contribution is -2.20. The van der Waals surface area contributed by atoms with Crippen LogP contribution in [0.4, 0.5) is 11.6 Å². The molecule has 1 saturated heterocycles. The summed E-state index contributed by atoms with van der Waals surface area (Å²) in [7, 11) is 1.96. The molecule has 180 valence electrons. The molecule has 10 nitrogen and oxygen atoms in total. The number of hydrogen-bond donors (Lipinski definition) is 2. The first-order chi connectivity index (χ1) is 16.9. The number of nitrogens with zero attached hydrogens (tertiary/aromatic N) is 6. The molecule has 2 N–H and O–H groups in total. The zero-order valence-electron chi connectivity index (χ0n) is 19.7. The molecule has 0 radical (unpaired) electrons. The number of rotatable bonds is 7. The van der Waals surface area contributed by atoms with Crippen LogP contribution in [0.15, 0.2) is 42.9 Å². The molecule has 0 bridgehead atoms. The molecule has 1 atom stereocenters. The summed E-state index contributed by atoms with van der Waals surface area (Å²) in [4.78, 5) is 27.3. The first-order valence-electron chi connectivity index (χ1n) is 11.8. The number of β-amino-alcohol motifs (C(OH)–C–C–N with tert-alkyl or cyclic N) is 1. The smallest absolute Gasteiger partial charge is 0.229 e. The maximum absolute atomic E-state index is 12.8. The second kappa shape index (κ2) is 8.56. The third kappa shape index (κ3) is 4.31. The van der Waals surface area contributed by atoms with Gasteiger partial charge >= 0.3 is 0 Å². The summed E-state index contributed by atoms with van der Waals surface area (Å²) in [5.41, 5.74) is 4.47. The normalized spacial score (nSPS) is 18.4. The summed E-state index contributed by atoms with van der Waals surface area (Å²) in [6.07, 6.45) is 7.03. The van der Waals surface area contributed by atoms with Crippen LogP contribution < -0.4 is 5.32 Å². The van der Waals surface area contributed by atoms with Crippen molar-refractivity contribution < 1.29 is 14.7 Å². The lowest BCUT2D eigenvalue weighted by molar-refractivity contribution is -0.118. The van der Waals surface area contributed by atoms with Gasteiger partial charge in [0, 0.05) is 65.3 Å². The molecule has 0 unspecified atom stereocenters. The predicted octanol–water partition coefficient (Wildman–Crippen LogP) is 2.91. The predicted molar refractivity (Wildman–Crippen MR) is 130 cm³/mol. The molecule has 3 aromatic heterocycles. The topological polar surface area (TPSA) is 110 Å². The van der Waals surface area contributed by atoms with E-state index in [9.17, 15) is 9.90 Å². The van der Waals surface area contributed by atoms with Crippen LogP contribution in [-0.4, -0.2) is 59.5 Å². The third-order valence-electron chi connectivity index (χ3n) is 6.55. The standard InChI is InChI=1S/C25H27N7O3/c1-15-17(10-31-12-19(33)14-35-31)11-32(29-15)23-7-8-26-25(28-23)27-18-5-6-22-20(9-18)21(13-30(22)2)24(34)16-3-4-16/h5-9,11,13,16,19,33H,3-4,10,12,14H2,1-2H3,(H,26,27,28)/t19-/m0/s1. The van der Waals surface area contributed by atoms with Gasteiger partial charge in [0.15, 0.2) is 11.6 Å². The Hall–Kier alpha value is -3.60. The lowest BCUT2D eigenvalue weighted by atomic mass is 10.1. The number of ketones is 1. The van der Waals surface area contributed by atoms with Gasteiger partial charge in [0.1, 0.15) is 0 Å². The van der Waals surface area contributed by atoms with Gasteiger partial charge in [-0.3, -0.25) is 9.63 Å². The third-order valence-corrected chi connectivity index (χ3v) is 6.55. The molecule has 6 rings (SSSR count). The van der Waals surface area contributed by atoms with Crippen molar-refractivity contribution in [3.63, 3.8) is 0 Å². The number of carbonyl (C=O) groups is 1. The van der Waals surface area contributed by atoms with Gasteiger partial charge in [0.2, 0.25) is 5.95 Å². The quantitative estimate of drug-likeness (QED) is 0.394. The van der Waals surface area contributed by atoms with E-state index in [2.05, 4.69) is 20.4 Å². The maximum atomic E-state index is 12.8. The second-order valence-electron chi connectivity index (χ2n) is 9.34. The highest BCUT2D eigenvalue weighted by Crippen LogP contribution is 2.36. The van der Waals surface area contributed by atoms with Gasteiger partial charge < -0.3 is 15.0 Å². The molecule has 4 aromatic rings. The number of aliphatic hydroxyl groups is 1. The van der Waals surface area contributed by atoms with Crippen molar-refractivity contribution in [2.45, 2.75) is 32.4 Å². The summed E-state index contributed by atoms with van der Waals surface area (Å²) in [5, 5.41) is 20.2. The Balaban J connectivity index is 1.24. The number of nitrogens with one attached hydrogen (secondary N) is 1. The molecule has 2 fully saturated rings. The molecule has 1 aliphatic carbocycles. The Kier molecular flexibility index (Phi) is 5.36. The minimum atomic E-state index is -0.459. The highest BCUT2D eigenvalue weighted by Gasteiger charge is 2.32. The van der Waals surface area contributed by atoms with Gasteiger partial charge in [-0.2, -0.15) is 15.1 Å². The summed E-state index contributed by atoms with van der Waals surface area (Å²) in [6.45, 7) is 3.28. The van der Waals surface area contributed by atoms with Crippen LogP contribution in [-0.2, 0) is 18.4 Å². The number of benzene rings is 1. The maximum Gasteiger partial charge on any atom is 0.229 e. The Bertz CT molecular complexity index is 1420. The van der Waals surface area contributed by atoms with Crippen LogP contribution in [0.3, 0.4) is 0 Å². The van der Waals surface area contributed by atoms with E-state index in [-0.39, 0.29) is 11.7 Å². The Morgan fingerprint density at radius 1 is 1.26 bits per heavy atom. The fourth-order valence-electron chi connectivity index (χ4n) is 4.50. The zero-order valence-corrected chi connectivity index (χ0v) is 19.7. The van der Waals surface area contributed by atoms with Gasteiger partial charge in [-0.15, -0.1) is 0 Å². The van der Waals surface area contributed by atoms with Gasteiger partial charge in [-0.25, -0.2) is 9.67 Å². The monoisotopic (exact) mass is 473 g/mol. The first kappa shape index (κ1) is 21.9. The van der Waals surface area contributed by atoms with Gasteiger partial charge in [-0.05, 0) is 38.0 Å². The Morgan fingerprint density at radius 3 is 2.89 bits per heavy atom. The SMILES string of the molecule is Cc1nn(-c2ccnc(Nc3ccc4c(c3)c(C(=O)C3CC3)cn4C)n2)cc1CN1C[C@H](O)CO1. The van der Waals surface area contributed by atoms with Crippen molar-refractivity contribution in [1.82, 2.24) is 29.4 Å². The number of carbonyl (C=O) groups excluding carboxylic acids is 1. The molecule has 1 saturated carbocycles. The molecule has 10 heteroatoms. The van der Waals surface area contributed by atoms with Gasteiger partial charge in [-0.1, -0.05) is 0 Å². The van der Waals surface area contributed by atoms with Crippen molar-refractivity contribution in [3.8, 4) is 5.82 Å². The summed E-state index contributed by atoms with van der Waals surface area (Å²) >= 11 is 0. The average molecular weight is 474 g/mol. The van der Waals surface area contributed by atoms with Crippen LogP contribution in [0.5, 0.6) is 0 Å². The number of fused-ring (bicyclic) bond motifs is 1. The van der Waals surface area contributed by atoms with Gasteiger partial charge in [0.25, 0.3) is 0 Å². The number of aromatic nitrogens is 5. The number of Topliss-reactive ketones (excluding diaryl/α,β-unsaturated/α-hetero) is 1. The van der Waals surface area contributed by atoms with E-state index in [4.69, 9.17) is 4.84 Å². The van der Waals surface area contributed by atoms with E-state index < -0.39 is 6.10 Å². The van der Waals surface area contributed by atoms with Crippen LogP contribution >= 0.6 is 0 Å². The summed E-state index contributed by atoms with van der Waals surface area (Å²) < 4.78 is 3.72. The number of anilines is 2. The molecular formula is C25H27N7O3. The Morgan fingerprint density at radius 2 is 2.11 bits per heavy atom. The summed E-state index contributed by atoms with van der Waals surface area (Å²) in [6, 6.07) is 7.75. The molecular weight excluding hydrogens is 446 g/mol. The molecule has 0 amide bonds. The summed E-state index contributed by atoms with van der Waals surface area (Å²) in [5.74, 6) is 1.46.